The summed E-state index contributed by atoms with van der Waals surface area (Å²) in [6, 6.07) is 31.0. The predicted octanol–water partition coefficient (Wildman–Crippen LogP) is 8.09. The molecule has 0 saturated heterocycles. The van der Waals surface area contributed by atoms with Crippen molar-refractivity contribution in [2.45, 2.75) is 26.2 Å². The van der Waals surface area contributed by atoms with E-state index >= 15 is 0 Å². The fourth-order valence-electron chi connectivity index (χ4n) is 5.37. The van der Waals surface area contributed by atoms with E-state index in [1.807, 2.05) is 48.8 Å². The highest BCUT2D eigenvalue weighted by Crippen LogP contribution is 2.37. The maximum Gasteiger partial charge on any atom is 0.148 e. The van der Waals surface area contributed by atoms with Gasteiger partial charge in [-0.3, -0.25) is 14.4 Å². The van der Waals surface area contributed by atoms with E-state index in [0.29, 0.717) is 11.7 Å². The Labute approximate surface area is 220 Å². The minimum absolute atomic E-state index is 0.355. The Morgan fingerprint density at radius 1 is 0.789 bits per heavy atom. The van der Waals surface area contributed by atoms with Gasteiger partial charge in [0.1, 0.15) is 17.1 Å². The number of imidazole rings is 1. The summed E-state index contributed by atoms with van der Waals surface area (Å²) in [6.45, 7) is 4.46. The van der Waals surface area contributed by atoms with Gasteiger partial charge >= 0.3 is 0 Å². The quantitative estimate of drug-likeness (QED) is 0.227. The Kier molecular flexibility index (Phi) is 5.29. The highest BCUT2D eigenvalue weighted by molar-refractivity contribution is 6.13. The molecule has 0 aliphatic carbocycles. The second kappa shape index (κ2) is 8.96. The van der Waals surface area contributed by atoms with Gasteiger partial charge in [0.15, 0.2) is 0 Å². The smallest absolute Gasteiger partial charge is 0.148 e. The van der Waals surface area contributed by atoms with E-state index in [2.05, 4.69) is 77.8 Å². The van der Waals surface area contributed by atoms with Gasteiger partial charge in [-0.05, 0) is 65.6 Å². The van der Waals surface area contributed by atoms with Crippen molar-refractivity contribution in [2.75, 3.05) is 0 Å². The van der Waals surface area contributed by atoms with E-state index in [0.717, 1.165) is 61.9 Å². The zero-order valence-electron chi connectivity index (χ0n) is 21.3. The number of fused-ring (bicyclic) bond motifs is 8. The van der Waals surface area contributed by atoms with Gasteiger partial charge in [0.05, 0.1) is 28.3 Å². The molecule has 0 unspecified atom stereocenters. The molecule has 3 aromatic carbocycles. The summed E-state index contributed by atoms with van der Waals surface area (Å²) in [5.74, 6) is 1.81. The molecule has 0 atom stereocenters. The van der Waals surface area contributed by atoms with Crippen LogP contribution in [0.2, 0.25) is 0 Å². The standard InChI is InChI=1S/C33H26N4O/c1-21(2)26-12-8-15-30-31(26)32-27(33-36-28-13-3-4-14-29(28)37(30)33)19-25(20-35-32)38-24-11-7-9-22(18-24)17-23-10-5-6-16-34-23/h3-16,18-21H,17H2,1-2H3. The van der Waals surface area contributed by atoms with Crippen LogP contribution >= 0.6 is 0 Å². The lowest BCUT2D eigenvalue weighted by Crippen LogP contribution is -1.98. The van der Waals surface area contributed by atoms with E-state index in [1.54, 1.807) is 0 Å². The van der Waals surface area contributed by atoms with Gasteiger partial charge < -0.3 is 4.74 Å². The largest absolute Gasteiger partial charge is 0.456 e. The van der Waals surface area contributed by atoms with Crippen molar-refractivity contribution in [2.24, 2.45) is 0 Å². The van der Waals surface area contributed by atoms with Crippen LogP contribution in [0.4, 0.5) is 0 Å². The number of nitrogens with zero attached hydrogens (tertiary/aromatic N) is 4. The van der Waals surface area contributed by atoms with Crippen LogP contribution in [-0.2, 0) is 6.42 Å². The topological polar surface area (TPSA) is 52.3 Å². The normalized spacial score (nSPS) is 11.8. The number of pyridine rings is 3. The van der Waals surface area contributed by atoms with Gasteiger partial charge in [-0.2, -0.15) is 0 Å². The molecule has 0 radical (unpaired) electrons. The van der Waals surface area contributed by atoms with E-state index in [4.69, 9.17) is 14.7 Å². The van der Waals surface area contributed by atoms with Crippen LogP contribution in [0.5, 0.6) is 11.5 Å². The van der Waals surface area contributed by atoms with Crippen molar-refractivity contribution in [1.82, 2.24) is 19.4 Å². The molecule has 0 bridgehead atoms. The van der Waals surface area contributed by atoms with E-state index < -0.39 is 0 Å². The summed E-state index contributed by atoms with van der Waals surface area (Å²) in [6.07, 6.45) is 4.40. The highest BCUT2D eigenvalue weighted by Gasteiger charge is 2.18. The first kappa shape index (κ1) is 22.4. The molecule has 0 aliphatic heterocycles. The average Bonchev–Trinajstić information content (AvgIpc) is 3.34. The van der Waals surface area contributed by atoms with Crippen molar-refractivity contribution in [3.63, 3.8) is 0 Å². The number of aromatic nitrogens is 4. The van der Waals surface area contributed by atoms with E-state index in [1.165, 1.54) is 5.56 Å². The third kappa shape index (κ3) is 3.75. The maximum atomic E-state index is 6.36. The van der Waals surface area contributed by atoms with E-state index in [9.17, 15) is 0 Å². The molecule has 7 rings (SSSR count). The summed E-state index contributed by atoms with van der Waals surface area (Å²) in [7, 11) is 0. The minimum atomic E-state index is 0.355. The first-order chi connectivity index (χ1) is 18.7. The zero-order chi connectivity index (χ0) is 25.6. The molecular formula is C33H26N4O. The lowest BCUT2D eigenvalue weighted by molar-refractivity contribution is 0.481. The van der Waals surface area contributed by atoms with Gasteiger partial charge in [-0.1, -0.05) is 56.3 Å². The van der Waals surface area contributed by atoms with Crippen LogP contribution in [-0.4, -0.2) is 19.4 Å². The van der Waals surface area contributed by atoms with Crippen LogP contribution in [0.15, 0.2) is 103 Å². The van der Waals surface area contributed by atoms with Crippen LogP contribution in [0.3, 0.4) is 0 Å². The van der Waals surface area contributed by atoms with Crippen molar-refractivity contribution in [3.05, 3.63) is 120 Å². The molecule has 0 saturated carbocycles. The zero-order valence-corrected chi connectivity index (χ0v) is 21.3. The average molecular weight is 495 g/mol. The molecule has 0 aliphatic rings. The first-order valence-corrected chi connectivity index (χ1v) is 12.9. The third-order valence-corrected chi connectivity index (χ3v) is 7.08. The van der Waals surface area contributed by atoms with Crippen molar-refractivity contribution in [1.29, 1.82) is 0 Å². The number of benzene rings is 3. The van der Waals surface area contributed by atoms with Crippen molar-refractivity contribution in [3.8, 4) is 11.5 Å². The second-order valence-corrected chi connectivity index (χ2v) is 9.97. The molecule has 4 heterocycles. The summed E-state index contributed by atoms with van der Waals surface area (Å²) in [5.41, 5.74) is 8.45. The third-order valence-electron chi connectivity index (χ3n) is 7.08. The fourth-order valence-corrected chi connectivity index (χ4v) is 5.37. The van der Waals surface area contributed by atoms with Gasteiger partial charge in [0.2, 0.25) is 0 Å². The van der Waals surface area contributed by atoms with Crippen molar-refractivity contribution < 1.29 is 4.74 Å². The molecule has 38 heavy (non-hydrogen) atoms. The molecular weight excluding hydrogens is 468 g/mol. The van der Waals surface area contributed by atoms with E-state index in [-0.39, 0.29) is 0 Å². The summed E-state index contributed by atoms with van der Waals surface area (Å²) in [5, 5.41) is 2.14. The summed E-state index contributed by atoms with van der Waals surface area (Å²) in [4.78, 5) is 14.5. The Balaban J connectivity index is 1.40. The molecule has 5 nitrogen and oxygen atoms in total. The highest BCUT2D eigenvalue weighted by atomic mass is 16.5. The maximum absolute atomic E-state index is 6.36. The van der Waals surface area contributed by atoms with Gasteiger partial charge in [0.25, 0.3) is 0 Å². The predicted molar refractivity (Wildman–Crippen MR) is 153 cm³/mol. The van der Waals surface area contributed by atoms with Crippen LogP contribution < -0.4 is 4.74 Å². The molecule has 0 fully saturated rings. The minimum Gasteiger partial charge on any atom is -0.456 e. The number of rotatable bonds is 5. The molecule has 7 aromatic rings. The van der Waals surface area contributed by atoms with Crippen molar-refractivity contribution >= 4 is 38.5 Å². The molecule has 4 aromatic heterocycles. The Morgan fingerprint density at radius 3 is 2.50 bits per heavy atom. The molecule has 0 spiro atoms. The molecule has 184 valence electrons. The summed E-state index contributed by atoms with van der Waals surface area (Å²) < 4.78 is 8.62. The lowest BCUT2D eigenvalue weighted by atomic mass is 9.96. The van der Waals surface area contributed by atoms with Crippen LogP contribution in [0.1, 0.15) is 36.6 Å². The fraction of sp³-hybridized carbons (Fsp3) is 0.121. The molecule has 0 N–H and O–H groups in total. The first-order valence-electron chi connectivity index (χ1n) is 12.9. The van der Waals surface area contributed by atoms with Gasteiger partial charge in [-0.15, -0.1) is 0 Å². The Bertz CT molecular complexity index is 1960. The number of hydrogen-bond donors (Lipinski definition) is 0. The van der Waals surface area contributed by atoms with Gasteiger partial charge in [-0.25, -0.2) is 4.98 Å². The van der Waals surface area contributed by atoms with Crippen LogP contribution in [0, 0.1) is 0 Å². The van der Waals surface area contributed by atoms with Gasteiger partial charge in [0, 0.05) is 29.1 Å². The monoisotopic (exact) mass is 494 g/mol. The SMILES string of the molecule is CC(C)c1cccc2c1c1ncc(Oc3cccc(Cc4ccccn4)c3)cc1c1nc3ccccc3n21. The Morgan fingerprint density at radius 2 is 1.63 bits per heavy atom. The Hall–Kier alpha value is -4.77. The molecule has 5 heteroatoms. The number of para-hydroxylation sites is 2. The number of ether oxygens (including phenoxy) is 1. The van der Waals surface area contributed by atoms with Crippen LogP contribution in [0.25, 0.3) is 38.5 Å². The lowest BCUT2D eigenvalue weighted by Gasteiger charge is -2.15. The summed E-state index contributed by atoms with van der Waals surface area (Å²) >= 11 is 0. The number of hydrogen-bond acceptors (Lipinski definition) is 4. The molecule has 0 amide bonds. The second-order valence-electron chi connectivity index (χ2n) is 9.97.